The SMILES string of the molecule is CCCCCCCCCCCC[C@@H](O)C(=O)N[C@@H](CO)[C@H](O)/C=C/CC/C=C(\C)CCCCCCCCC. The number of hydrogen-bond donors (Lipinski definition) is 4. The smallest absolute Gasteiger partial charge is 0.249 e. The summed E-state index contributed by atoms with van der Waals surface area (Å²) in [5, 5.41) is 32.8. The largest absolute Gasteiger partial charge is 0.394 e. The normalized spacial score (nSPS) is 14.6. The average molecular weight is 538 g/mol. The van der Waals surface area contributed by atoms with Gasteiger partial charge in [0.15, 0.2) is 0 Å². The van der Waals surface area contributed by atoms with E-state index in [1.165, 1.54) is 95.5 Å². The molecular formula is C33H63NO4. The van der Waals surface area contributed by atoms with Crippen LogP contribution in [0.5, 0.6) is 0 Å². The zero-order valence-electron chi connectivity index (χ0n) is 25.3. The fraction of sp³-hybridized carbons (Fsp3) is 0.848. The third-order valence-corrected chi connectivity index (χ3v) is 7.40. The molecule has 0 aliphatic carbocycles. The summed E-state index contributed by atoms with van der Waals surface area (Å²) in [7, 11) is 0. The number of carbonyl (C=O) groups is 1. The van der Waals surface area contributed by atoms with Gasteiger partial charge in [0, 0.05) is 0 Å². The van der Waals surface area contributed by atoms with Crippen LogP contribution in [0.4, 0.5) is 0 Å². The standard InChI is InChI=1S/C33H63NO4/c1-4-6-8-10-12-13-14-16-18-22-27-32(37)33(38)34-30(28-35)31(36)26-23-19-21-25-29(3)24-20-17-15-11-9-7-5-2/h23,25-26,30-32,35-37H,4-22,24,27-28H2,1-3H3,(H,34,38)/b26-23+,29-25+/t30-,31+,32+/m0/s1. The van der Waals surface area contributed by atoms with Gasteiger partial charge in [0.1, 0.15) is 6.10 Å². The molecule has 4 N–H and O–H groups in total. The second-order valence-corrected chi connectivity index (χ2v) is 11.2. The van der Waals surface area contributed by atoms with Gasteiger partial charge in [0.2, 0.25) is 5.91 Å². The Bertz CT molecular complexity index is 590. The Kier molecular flexibility index (Phi) is 26.6. The summed E-state index contributed by atoms with van der Waals surface area (Å²) in [6, 6.07) is -0.810. The third-order valence-electron chi connectivity index (χ3n) is 7.40. The van der Waals surface area contributed by atoms with Gasteiger partial charge in [-0.05, 0) is 39.0 Å². The van der Waals surface area contributed by atoms with Crippen LogP contribution in [-0.4, -0.2) is 46.1 Å². The lowest BCUT2D eigenvalue weighted by molar-refractivity contribution is -0.131. The number of hydrogen-bond acceptors (Lipinski definition) is 4. The van der Waals surface area contributed by atoms with E-state index in [2.05, 4.69) is 32.2 Å². The molecule has 0 saturated heterocycles. The van der Waals surface area contributed by atoms with Gasteiger partial charge in [-0.25, -0.2) is 0 Å². The fourth-order valence-corrected chi connectivity index (χ4v) is 4.73. The summed E-state index contributed by atoms with van der Waals surface area (Å²) in [6.45, 7) is 6.30. The molecule has 0 fully saturated rings. The van der Waals surface area contributed by atoms with Gasteiger partial charge < -0.3 is 20.6 Å². The van der Waals surface area contributed by atoms with E-state index in [4.69, 9.17) is 0 Å². The third kappa shape index (κ3) is 22.8. The molecule has 1 amide bonds. The van der Waals surface area contributed by atoms with Crippen LogP contribution in [0, 0.1) is 0 Å². The van der Waals surface area contributed by atoms with Gasteiger partial charge >= 0.3 is 0 Å². The first kappa shape index (κ1) is 36.8. The number of nitrogens with one attached hydrogen (secondary N) is 1. The zero-order chi connectivity index (χ0) is 28.3. The lowest BCUT2D eigenvalue weighted by Gasteiger charge is -2.21. The summed E-state index contributed by atoms with van der Waals surface area (Å²) in [5.74, 6) is -0.517. The van der Waals surface area contributed by atoms with E-state index in [1.807, 2.05) is 6.08 Å². The molecule has 0 spiro atoms. The first-order chi connectivity index (χ1) is 18.5. The highest BCUT2D eigenvalue weighted by Crippen LogP contribution is 2.14. The van der Waals surface area contributed by atoms with Crippen LogP contribution in [-0.2, 0) is 4.79 Å². The molecule has 0 saturated carbocycles. The van der Waals surface area contributed by atoms with Crippen molar-refractivity contribution in [1.29, 1.82) is 0 Å². The Labute approximate surface area is 235 Å². The second kappa shape index (κ2) is 27.4. The van der Waals surface area contributed by atoms with Crippen molar-refractivity contribution in [2.45, 2.75) is 174 Å². The molecular weight excluding hydrogens is 474 g/mol. The summed E-state index contributed by atoms with van der Waals surface area (Å²) in [6.07, 6.45) is 28.3. The Hall–Kier alpha value is -1.17. The molecule has 0 radical (unpaired) electrons. The van der Waals surface area contributed by atoms with Crippen LogP contribution in [0.25, 0.3) is 0 Å². The molecule has 0 unspecified atom stereocenters. The lowest BCUT2D eigenvalue weighted by atomic mass is 10.0. The highest BCUT2D eigenvalue weighted by atomic mass is 16.3. The molecule has 0 aliphatic heterocycles. The predicted molar refractivity (Wildman–Crippen MR) is 162 cm³/mol. The quantitative estimate of drug-likeness (QED) is 0.0633. The Morgan fingerprint density at radius 2 is 1.24 bits per heavy atom. The molecule has 0 heterocycles. The van der Waals surface area contributed by atoms with Crippen LogP contribution >= 0.6 is 0 Å². The van der Waals surface area contributed by atoms with Crippen molar-refractivity contribution < 1.29 is 20.1 Å². The van der Waals surface area contributed by atoms with Crippen LogP contribution in [0.1, 0.15) is 156 Å². The molecule has 5 nitrogen and oxygen atoms in total. The number of rotatable bonds is 27. The van der Waals surface area contributed by atoms with Crippen LogP contribution in [0.15, 0.2) is 23.8 Å². The number of unbranched alkanes of at least 4 members (excludes halogenated alkanes) is 16. The molecule has 38 heavy (non-hydrogen) atoms. The molecule has 5 heteroatoms. The van der Waals surface area contributed by atoms with E-state index in [1.54, 1.807) is 6.08 Å². The van der Waals surface area contributed by atoms with E-state index < -0.39 is 24.2 Å². The van der Waals surface area contributed by atoms with Crippen LogP contribution < -0.4 is 5.32 Å². The van der Waals surface area contributed by atoms with Crippen molar-refractivity contribution in [3.8, 4) is 0 Å². The maximum Gasteiger partial charge on any atom is 0.249 e. The molecule has 0 aromatic carbocycles. The number of aliphatic hydroxyl groups is 3. The topological polar surface area (TPSA) is 89.8 Å². The maximum absolute atomic E-state index is 12.3. The highest BCUT2D eigenvalue weighted by molar-refractivity contribution is 5.80. The fourth-order valence-electron chi connectivity index (χ4n) is 4.73. The van der Waals surface area contributed by atoms with Crippen LogP contribution in [0.2, 0.25) is 0 Å². The Balaban J connectivity index is 4.00. The minimum atomic E-state index is -1.10. The first-order valence-corrected chi connectivity index (χ1v) is 16.1. The Morgan fingerprint density at radius 1 is 0.737 bits per heavy atom. The van der Waals surface area contributed by atoms with Gasteiger partial charge in [0.25, 0.3) is 0 Å². The van der Waals surface area contributed by atoms with Crippen molar-refractivity contribution in [3.05, 3.63) is 23.8 Å². The lowest BCUT2D eigenvalue weighted by Crippen LogP contribution is -2.48. The van der Waals surface area contributed by atoms with Crippen LogP contribution in [0.3, 0.4) is 0 Å². The van der Waals surface area contributed by atoms with Gasteiger partial charge in [0.05, 0.1) is 18.8 Å². The zero-order valence-corrected chi connectivity index (χ0v) is 25.3. The molecule has 0 aromatic rings. The van der Waals surface area contributed by atoms with Gasteiger partial charge in [-0.15, -0.1) is 0 Å². The van der Waals surface area contributed by atoms with Crippen molar-refractivity contribution in [2.75, 3.05) is 6.61 Å². The summed E-state index contributed by atoms with van der Waals surface area (Å²) >= 11 is 0. The van der Waals surface area contributed by atoms with Crippen molar-refractivity contribution in [1.82, 2.24) is 5.32 Å². The predicted octanol–water partition coefficient (Wildman–Crippen LogP) is 7.92. The first-order valence-electron chi connectivity index (χ1n) is 16.1. The number of amides is 1. The summed E-state index contributed by atoms with van der Waals surface area (Å²) < 4.78 is 0. The van der Waals surface area contributed by atoms with E-state index in [0.717, 1.165) is 38.5 Å². The summed E-state index contributed by atoms with van der Waals surface area (Å²) in [4.78, 5) is 12.3. The van der Waals surface area contributed by atoms with Gasteiger partial charge in [-0.2, -0.15) is 0 Å². The van der Waals surface area contributed by atoms with Crippen molar-refractivity contribution in [2.24, 2.45) is 0 Å². The van der Waals surface area contributed by atoms with E-state index in [0.29, 0.717) is 6.42 Å². The minimum absolute atomic E-state index is 0.375. The van der Waals surface area contributed by atoms with Crippen molar-refractivity contribution in [3.63, 3.8) is 0 Å². The molecule has 0 aliphatic rings. The molecule has 0 aromatic heterocycles. The minimum Gasteiger partial charge on any atom is -0.394 e. The number of allylic oxidation sites excluding steroid dienone is 3. The molecule has 3 atom stereocenters. The van der Waals surface area contributed by atoms with Crippen molar-refractivity contribution >= 4 is 5.91 Å². The maximum atomic E-state index is 12.3. The van der Waals surface area contributed by atoms with Gasteiger partial charge in [-0.1, -0.05) is 140 Å². The second-order valence-electron chi connectivity index (χ2n) is 11.2. The molecule has 224 valence electrons. The number of aliphatic hydroxyl groups excluding tert-OH is 3. The molecule has 0 rings (SSSR count). The highest BCUT2D eigenvalue weighted by Gasteiger charge is 2.22. The average Bonchev–Trinajstić information content (AvgIpc) is 2.91. The monoisotopic (exact) mass is 537 g/mol. The van der Waals surface area contributed by atoms with E-state index >= 15 is 0 Å². The molecule has 0 bridgehead atoms. The number of carbonyl (C=O) groups excluding carboxylic acids is 1. The van der Waals surface area contributed by atoms with E-state index in [-0.39, 0.29) is 6.61 Å². The Morgan fingerprint density at radius 3 is 1.76 bits per heavy atom. The van der Waals surface area contributed by atoms with E-state index in [9.17, 15) is 20.1 Å². The summed E-state index contributed by atoms with van der Waals surface area (Å²) in [5.41, 5.74) is 1.42. The van der Waals surface area contributed by atoms with Gasteiger partial charge in [-0.3, -0.25) is 4.79 Å².